The lowest BCUT2D eigenvalue weighted by atomic mass is 9.98. The molecule has 1 saturated carbocycles. The van der Waals surface area contributed by atoms with E-state index >= 15 is 0 Å². The maximum atomic E-state index is 11.3. The van der Waals surface area contributed by atoms with Crippen molar-refractivity contribution in [1.29, 1.82) is 0 Å². The van der Waals surface area contributed by atoms with Crippen LogP contribution < -0.4 is 11.1 Å². The molecule has 0 aromatic heterocycles. The molecule has 3 N–H and O–H groups in total. The summed E-state index contributed by atoms with van der Waals surface area (Å²) >= 11 is 0. The SMILES string of the molecule is CCNC(=O)[C@H](N)C1CCCC1. The number of nitrogens with one attached hydrogen (secondary N) is 1. The number of hydrogen-bond acceptors (Lipinski definition) is 2. The third-order valence-corrected chi connectivity index (χ3v) is 2.56. The molecule has 0 aliphatic heterocycles. The first-order chi connectivity index (χ1) is 5.75. The summed E-state index contributed by atoms with van der Waals surface area (Å²) in [4.78, 5) is 11.3. The average Bonchev–Trinajstić information content (AvgIpc) is 2.55. The normalized spacial score (nSPS) is 20.8. The van der Waals surface area contributed by atoms with Crippen LogP contribution in [-0.2, 0) is 4.79 Å². The molecule has 1 atom stereocenters. The fraction of sp³-hybridized carbons (Fsp3) is 0.889. The number of amides is 1. The van der Waals surface area contributed by atoms with E-state index in [9.17, 15) is 4.79 Å². The quantitative estimate of drug-likeness (QED) is 0.653. The van der Waals surface area contributed by atoms with Gasteiger partial charge in [-0.25, -0.2) is 0 Å². The van der Waals surface area contributed by atoms with Gasteiger partial charge in [0.15, 0.2) is 0 Å². The summed E-state index contributed by atoms with van der Waals surface area (Å²) in [6.07, 6.45) is 4.71. The highest BCUT2D eigenvalue weighted by Gasteiger charge is 2.26. The summed E-state index contributed by atoms with van der Waals surface area (Å²) in [6.45, 7) is 2.60. The fourth-order valence-corrected chi connectivity index (χ4v) is 1.82. The highest BCUT2D eigenvalue weighted by Crippen LogP contribution is 2.26. The zero-order chi connectivity index (χ0) is 8.97. The summed E-state index contributed by atoms with van der Waals surface area (Å²) in [5, 5.41) is 2.76. The van der Waals surface area contributed by atoms with Crippen molar-refractivity contribution in [1.82, 2.24) is 5.32 Å². The monoisotopic (exact) mass is 170 g/mol. The first-order valence-electron chi connectivity index (χ1n) is 4.79. The molecule has 3 nitrogen and oxygen atoms in total. The van der Waals surface area contributed by atoms with E-state index in [0.29, 0.717) is 12.5 Å². The fourth-order valence-electron chi connectivity index (χ4n) is 1.82. The molecule has 1 fully saturated rings. The Morgan fingerprint density at radius 1 is 1.58 bits per heavy atom. The largest absolute Gasteiger partial charge is 0.355 e. The number of carbonyl (C=O) groups is 1. The van der Waals surface area contributed by atoms with Gasteiger partial charge in [-0.2, -0.15) is 0 Å². The van der Waals surface area contributed by atoms with Crippen molar-refractivity contribution in [2.75, 3.05) is 6.54 Å². The van der Waals surface area contributed by atoms with E-state index in [0.717, 1.165) is 12.8 Å². The number of likely N-dealkylation sites (N-methyl/N-ethyl adjacent to an activating group) is 1. The van der Waals surface area contributed by atoms with Crippen LogP contribution >= 0.6 is 0 Å². The number of hydrogen-bond donors (Lipinski definition) is 2. The highest BCUT2D eigenvalue weighted by molar-refractivity contribution is 5.81. The Bertz CT molecular complexity index is 153. The Balaban J connectivity index is 2.34. The first kappa shape index (κ1) is 9.52. The number of nitrogens with two attached hydrogens (primary N) is 1. The molecule has 1 aliphatic rings. The van der Waals surface area contributed by atoms with Crippen molar-refractivity contribution in [3.05, 3.63) is 0 Å². The summed E-state index contributed by atoms with van der Waals surface area (Å²) in [7, 11) is 0. The van der Waals surface area contributed by atoms with Crippen molar-refractivity contribution in [2.24, 2.45) is 11.7 Å². The van der Waals surface area contributed by atoms with Crippen LogP contribution in [0, 0.1) is 5.92 Å². The molecule has 0 radical (unpaired) electrons. The third-order valence-electron chi connectivity index (χ3n) is 2.56. The van der Waals surface area contributed by atoms with Gasteiger partial charge in [0.1, 0.15) is 0 Å². The van der Waals surface area contributed by atoms with Gasteiger partial charge in [0.25, 0.3) is 0 Å². The van der Waals surface area contributed by atoms with Crippen LogP contribution in [0.2, 0.25) is 0 Å². The molecule has 0 spiro atoms. The van der Waals surface area contributed by atoms with Crippen LogP contribution in [0.5, 0.6) is 0 Å². The molecule has 1 rings (SSSR count). The minimum atomic E-state index is -0.271. The molecular weight excluding hydrogens is 152 g/mol. The molecule has 0 bridgehead atoms. The van der Waals surface area contributed by atoms with Gasteiger partial charge in [-0.3, -0.25) is 4.79 Å². The van der Waals surface area contributed by atoms with E-state index in [1.807, 2.05) is 6.92 Å². The molecule has 0 saturated heterocycles. The van der Waals surface area contributed by atoms with Gasteiger partial charge in [0, 0.05) is 6.54 Å². The zero-order valence-corrected chi connectivity index (χ0v) is 7.68. The van der Waals surface area contributed by atoms with E-state index in [4.69, 9.17) is 5.73 Å². The molecule has 0 heterocycles. The van der Waals surface area contributed by atoms with Crippen molar-refractivity contribution >= 4 is 5.91 Å². The molecule has 3 heteroatoms. The van der Waals surface area contributed by atoms with Gasteiger partial charge < -0.3 is 11.1 Å². The van der Waals surface area contributed by atoms with Crippen molar-refractivity contribution in [3.8, 4) is 0 Å². The predicted molar refractivity (Wildman–Crippen MR) is 48.6 cm³/mol. The van der Waals surface area contributed by atoms with E-state index in [1.54, 1.807) is 0 Å². The molecule has 12 heavy (non-hydrogen) atoms. The first-order valence-corrected chi connectivity index (χ1v) is 4.79. The summed E-state index contributed by atoms with van der Waals surface area (Å²) in [5.41, 5.74) is 5.80. The molecule has 70 valence electrons. The molecular formula is C9H18N2O. The molecule has 0 unspecified atom stereocenters. The second kappa shape index (κ2) is 4.45. The van der Waals surface area contributed by atoms with Crippen molar-refractivity contribution in [3.63, 3.8) is 0 Å². The molecule has 0 aromatic carbocycles. The van der Waals surface area contributed by atoms with Crippen molar-refractivity contribution < 1.29 is 4.79 Å². The highest BCUT2D eigenvalue weighted by atomic mass is 16.2. The Kier molecular flexibility index (Phi) is 3.53. The van der Waals surface area contributed by atoms with E-state index in [-0.39, 0.29) is 11.9 Å². The third kappa shape index (κ3) is 2.21. The summed E-state index contributed by atoms with van der Waals surface area (Å²) < 4.78 is 0. The Morgan fingerprint density at radius 3 is 2.67 bits per heavy atom. The zero-order valence-electron chi connectivity index (χ0n) is 7.68. The van der Waals surface area contributed by atoms with Crippen molar-refractivity contribution in [2.45, 2.75) is 38.6 Å². The average molecular weight is 170 g/mol. The lowest BCUT2D eigenvalue weighted by Crippen LogP contribution is -2.44. The molecule has 0 aromatic rings. The minimum Gasteiger partial charge on any atom is -0.355 e. The number of carbonyl (C=O) groups excluding carboxylic acids is 1. The summed E-state index contributed by atoms with van der Waals surface area (Å²) in [6, 6.07) is -0.271. The Morgan fingerprint density at radius 2 is 2.17 bits per heavy atom. The second-order valence-electron chi connectivity index (χ2n) is 3.46. The minimum absolute atomic E-state index is 0.0180. The van der Waals surface area contributed by atoms with E-state index in [1.165, 1.54) is 12.8 Å². The lowest BCUT2D eigenvalue weighted by Gasteiger charge is -2.17. The van der Waals surface area contributed by atoms with Crippen LogP contribution in [0.25, 0.3) is 0 Å². The van der Waals surface area contributed by atoms with Crippen LogP contribution in [0.15, 0.2) is 0 Å². The Labute approximate surface area is 73.7 Å². The predicted octanol–water partition coefficient (Wildman–Crippen LogP) is 0.640. The topological polar surface area (TPSA) is 55.1 Å². The standard InChI is InChI=1S/C9H18N2O/c1-2-11-9(12)8(10)7-5-3-4-6-7/h7-8H,2-6,10H2,1H3,(H,11,12)/t8-/m1/s1. The van der Waals surface area contributed by atoms with Crippen LogP contribution in [0.3, 0.4) is 0 Å². The van der Waals surface area contributed by atoms with E-state index < -0.39 is 0 Å². The Hall–Kier alpha value is -0.570. The smallest absolute Gasteiger partial charge is 0.237 e. The van der Waals surface area contributed by atoms with Crippen LogP contribution in [0.1, 0.15) is 32.6 Å². The van der Waals surface area contributed by atoms with Gasteiger partial charge in [-0.15, -0.1) is 0 Å². The van der Waals surface area contributed by atoms with Gasteiger partial charge in [-0.05, 0) is 25.7 Å². The lowest BCUT2D eigenvalue weighted by molar-refractivity contribution is -0.123. The van der Waals surface area contributed by atoms with Crippen LogP contribution in [-0.4, -0.2) is 18.5 Å². The van der Waals surface area contributed by atoms with E-state index in [2.05, 4.69) is 5.32 Å². The number of rotatable bonds is 3. The van der Waals surface area contributed by atoms with Crippen LogP contribution in [0.4, 0.5) is 0 Å². The summed E-state index contributed by atoms with van der Waals surface area (Å²) in [5.74, 6) is 0.445. The van der Waals surface area contributed by atoms with Gasteiger partial charge in [0.05, 0.1) is 6.04 Å². The molecule has 1 amide bonds. The van der Waals surface area contributed by atoms with Gasteiger partial charge in [0.2, 0.25) is 5.91 Å². The maximum absolute atomic E-state index is 11.3. The second-order valence-corrected chi connectivity index (χ2v) is 3.46. The van der Waals surface area contributed by atoms with Gasteiger partial charge >= 0.3 is 0 Å². The maximum Gasteiger partial charge on any atom is 0.237 e. The van der Waals surface area contributed by atoms with Gasteiger partial charge in [-0.1, -0.05) is 12.8 Å². The molecule has 1 aliphatic carbocycles.